The summed E-state index contributed by atoms with van der Waals surface area (Å²) in [7, 11) is 0. The van der Waals surface area contributed by atoms with Gasteiger partial charge in [0.05, 0.1) is 0 Å². The van der Waals surface area contributed by atoms with Crippen molar-refractivity contribution in [1.29, 1.82) is 0 Å². The van der Waals surface area contributed by atoms with Gasteiger partial charge < -0.3 is 5.32 Å². The van der Waals surface area contributed by atoms with Crippen LogP contribution in [-0.2, 0) is 0 Å². The van der Waals surface area contributed by atoms with Crippen LogP contribution in [0.2, 0.25) is 0 Å². The Labute approximate surface area is 97.6 Å². The van der Waals surface area contributed by atoms with Crippen molar-refractivity contribution >= 4 is 6.08 Å². The highest BCUT2D eigenvalue weighted by Gasteiger charge is 2.23. The lowest BCUT2D eigenvalue weighted by Crippen LogP contribution is -2.15. The molecule has 16 heavy (non-hydrogen) atoms. The molecule has 1 aromatic carbocycles. The second kappa shape index (κ2) is 4.42. The van der Waals surface area contributed by atoms with E-state index in [2.05, 4.69) is 41.7 Å². The molecule has 2 saturated carbocycles. The van der Waals surface area contributed by atoms with Crippen molar-refractivity contribution in [3.05, 3.63) is 41.5 Å². The number of nitrogens with one attached hydrogen (secondary N) is 1. The molecular weight excluding hydrogens is 194 g/mol. The van der Waals surface area contributed by atoms with Crippen LogP contribution in [-0.4, -0.2) is 12.6 Å². The molecule has 2 aliphatic rings. The molecule has 2 fully saturated rings. The van der Waals surface area contributed by atoms with E-state index >= 15 is 0 Å². The Morgan fingerprint density at radius 1 is 1.19 bits per heavy atom. The number of rotatable bonds is 5. The van der Waals surface area contributed by atoms with Gasteiger partial charge in [-0.2, -0.15) is 0 Å². The van der Waals surface area contributed by atoms with Gasteiger partial charge in [0.15, 0.2) is 0 Å². The number of benzene rings is 1. The molecule has 0 heterocycles. The van der Waals surface area contributed by atoms with Gasteiger partial charge in [0.25, 0.3) is 0 Å². The minimum Gasteiger partial charge on any atom is -0.311 e. The third kappa shape index (κ3) is 2.73. The number of hydrogen-bond acceptors (Lipinski definition) is 1. The van der Waals surface area contributed by atoms with Crippen molar-refractivity contribution in [2.24, 2.45) is 0 Å². The van der Waals surface area contributed by atoms with E-state index in [1.807, 2.05) is 0 Å². The van der Waals surface area contributed by atoms with E-state index in [1.165, 1.54) is 36.8 Å². The van der Waals surface area contributed by atoms with Crippen LogP contribution >= 0.6 is 0 Å². The van der Waals surface area contributed by atoms with Gasteiger partial charge >= 0.3 is 0 Å². The molecular formula is C15H19N. The van der Waals surface area contributed by atoms with Crippen LogP contribution in [0.4, 0.5) is 0 Å². The summed E-state index contributed by atoms with van der Waals surface area (Å²) >= 11 is 0. The lowest BCUT2D eigenvalue weighted by molar-refractivity contribution is 0.754. The Morgan fingerprint density at radius 2 is 2.06 bits per heavy atom. The summed E-state index contributed by atoms with van der Waals surface area (Å²) in [5.74, 6) is 0.859. The van der Waals surface area contributed by atoms with E-state index in [1.54, 1.807) is 0 Å². The largest absolute Gasteiger partial charge is 0.311 e. The fraction of sp³-hybridized carbons (Fsp3) is 0.467. The smallest absolute Gasteiger partial charge is 0.0140 e. The fourth-order valence-electron chi connectivity index (χ4n) is 2.05. The molecule has 0 amide bonds. The molecule has 84 valence electrons. The van der Waals surface area contributed by atoms with Crippen molar-refractivity contribution in [2.45, 2.75) is 37.6 Å². The van der Waals surface area contributed by atoms with Gasteiger partial charge in [0.2, 0.25) is 0 Å². The summed E-state index contributed by atoms with van der Waals surface area (Å²) in [6, 6.07) is 9.78. The topological polar surface area (TPSA) is 12.0 Å². The molecule has 1 N–H and O–H groups in total. The molecule has 3 rings (SSSR count). The maximum Gasteiger partial charge on any atom is 0.0140 e. The summed E-state index contributed by atoms with van der Waals surface area (Å²) in [5, 5.41) is 3.49. The predicted molar refractivity (Wildman–Crippen MR) is 68.5 cm³/mol. The van der Waals surface area contributed by atoms with E-state index in [0.29, 0.717) is 0 Å². The molecule has 0 saturated heterocycles. The molecule has 1 heteroatoms. The molecule has 1 aromatic rings. The third-order valence-corrected chi connectivity index (χ3v) is 3.37. The van der Waals surface area contributed by atoms with Gasteiger partial charge in [-0.15, -0.1) is 0 Å². The zero-order valence-electron chi connectivity index (χ0n) is 9.65. The quantitative estimate of drug-likeness (QED) is 0.791. The third-order valence-electron chi connectivity index (χ3n) is 3.37. The Morgan fingerprint density at radius 3 is 2.81 bits per heavy atom. The molecule has 1 nitrogen and oxygen atoms in total. The lowest BCUT2D eigenvalue weighted by atomic mass is 10.1. The first-order chi connectivity index (χ1) is 7.92. The van der Waals surface area contributed by atoms with Gasteiger partial charge in [-0.1, -0.05) is 36.4 Å². The molecule has 0 aromatic heterocycles. The summed E-state index contributed by atoms with van der Waals surface area (Å²) in [5.41, 5.74) is 2.87. The van der Waals surface area contributed by atoms with E-state index in [0.717, 1.165) is 18.5 Å². The Bertz CT molecular complexity index is 386. The normalized spacial score (nSPS) is 20.5. The second-order valence-electron chi connectivity index (χ2n) is 5.03. The highest BCUT2D eigenvalue weighted by Crippen LogP contribution is 2.40. The molecule has 0 spiro atoms. The molecule has 0 bridgehead atoms. The molecule has 0 aliphatic heterocycles. The summed E-state index contributed by atoms with van der Waals surface area (Å²) in [6.07, 6.45) is 9.98. The van der Waals surface area contributed by atoms with Crippen LogP contribution < -0.4 is 5.32 Å². The summed E-state index contributed by atoms with van der Waals surface area (Å²) < 4.78 is 0. The van der Waals surface area contributed by atoms with E-state index in [9.17, 15) is 0 Å². The maximum absolute atomic E-state index is 3.49. The fourth-order valence-corrected chi connectivity index (χ4v) is 2.05. The number of hydrogen-bond donors (Lipinski definition) is 1. The summed E-state index contributed by atoms with van der Waals surface area (Å²) in [4.78, 5) is 0. The van der Waals surface area contributed by atoms with Gasteiger partial charge in [-0.25, -0.2) is 0 Å². The zero-order chi connectivity index (χ0) is 10.8. The van der Waals surface area contributed by atoms with E-state index in [4.69, 9.17) is 0 Å². The first-order valence-electron chi connectivity index (χ1n) is 6.42. The minimum absolute atomic E-state index is 0.808. The Kier molecular flexibility index (Phi) is 2.79. The minimum atomic E-state index is 0.808. The molecule has 0 unspecified atom stereocenters. The first kappa shape index (κ1) is 10.1. The average Bonchev–Trinajstić information content (AvgIpc) is 3.18. The van der Waals surface area contributed by atoms with Crippen molar-refractivity contribution in [2.75, 3.05) is 6.54 Å². The molecule has 0 atom stereocenters. The van der Waals surface area contributed by atoms with Gasteiger partial charge in [-0.05, 0) is 42.7 Å². The standard InChI is InChI=1S/C15H19N/c1-3-12(4-2-10-16-15-8-9-15)11-14(5-1)13-6-7-13/h1-5,11,13,15-16H,6-10H2. The molecule has 2 aliphatic carbocycles. The zero-order valence-corrected chi connectivity index (χ0v) is 9.65. The second-order valence-corrected chi connectivity index (χ2v) is 5.03. The van der Waals surface area contributed by atoms with Crippen LogP contribution in [0.1, 0.15) is 42.7 Å². The predicted octanol–water partition coefficient (Wildman–Crippen LogP) is 3.33. The average molecular weight is 213 g/mol. The summed E-state index contributed by atoms with van der Waals surface area (Å²) in [6.45, 7) is 1.01. The lowest BCUT2D eigenvalue weighted by Gasteiger charge is -2.00. The maximum atomic E-state index is 3.49. The van der Waals surface area contributed by atoms with Crippen molar-refractivity contribution in [3.8, 4) is 0 Å². The van der Waals surface area contributed by atoms with Crippen LogP contribution in [0.5, 0.6) is 0 Å². The van der Waals surface area contributed by atoms with E-state index < -0.39 is 0 Å². The van der Waals surface area contributed by atoms with Crippen molar-refractivity contribution in [1.82, 2.24) is 5.32 Å². The SMILES string of the molecule is C(=Cc1cccc(C2CC2)c1)CNC1CC1. The molecule has 0 radical (unpaired) electrons. The van der Waals surface area contributed by atoms with Crippen LogP contribution in [0.25, 0.3) is 6.08 Å². The highest BCUT2D eigenvalue weighted by molar-refractivity contribution is 5.51. The highest BCUT2D eigenvalue weighted by atomic mass is 14.9. The van der Waals surface area contributed by atoms with Gasteiger partial charge in [-0.3, -0.25) is 0 Å². The van der Waals surface area contributed by atoms with Crippen LogP contribution in [0, 0.1) is 0 Å². The Balaban J connectivity index is 1.57. The monoisotopic (exact) mass is 213 g/mol. The van der Waals surface area contributed by atoms with Crippen molar-refractivity contribution in [3.63, 3.8) is 0 Å². The van der Waals surface area contributed by atoms with Crippen molar-refractivity contribution < 1.29 is 0 Å². The van der Waals surface area contributed by atoms with Gasteiger partial charge in [0.1, 0.15) is 0 Å². The van der Waals surface area contributed by atoms with E-state index in [-0.39, 0.29) is 0 Å². The Hall–Kier alpha value is -1.08. The van der Waals surface area contributed by atoms with Crippen LogP contribution in [0.15, 0.2) is 30.3 Å². The van der Waals surface area contributed by atoms with Gasteiger partial charge in [0, 0.05) is 12.6 Å². The first-order valence-corrected chi connectivity index (χ1v) is 6.42. The van der Waals surface area contributed by atoms with Crippen LogP contribution in [0.3, 0.4) is 0 Å².